The van der Waals surface area contributed by atoms with Crippen LogP contribution in [0.3, 0.4) is 0 Å². The van der Waals surface area contributed by atoms with E-state index in [1.54, 1.807) is 9.39 Å². The molecular formula is H2ClN2O2PS. The Morgan fingerprint density at radius 3 is 2.00 bits per heavy atom. The Morgan fingerprint density at radius 1 is 1.57 bits per heavy atom. The van der Waals surface area contributed by atoms with E-state index in [0.717, 1.165) is 0 Å². The molecule has 0 rings (SSSR count). The van der Waals surface area contributed by atoms with Gasteiger partial charge in [-0.1, -0.05) is 0 Å². The number of nitrogens with zero attached hydrogens (tertiary/aromatic N) is 2. The van der Waals surface area contributed by atoms with E-state index in [9.17, 15) is 8.42 Å². The first-order chi connectivity index (χ1) is 3.06. The Hall–Kier alpha value is 0.270. The first-order valence-electron chi connectivity index (χ1n) is 1.13. The van der Waals surface area contributed by atoms with Crippen LogP contribution in [-0.2, 0) is 9.24 Å². The molecule has 0 bridgehead atoms. The van der Waals surface area contributed by atoms with Gasteiger partial charge in [0.2, 0.25) is 0 Å². The van der Waals surface area contributed by atoms with Crippen molar-refractivity contribution in [2.45, 2.75) is 0 Å². The molecule has 0 saturated heterocycles. The number of hydrogen-bond acceptors (Lipinski definition) is 3. The van der Waals surface area contributed by atoms with E-state index in [0.29, 0.717) is 0 Å². The third kappa shape index (κ3) is 6.27. The molecule has 4 nitrogen and oxygen atoms in total. The van der Waals surface area contributed by atoms with Crippen molar-refractivity contribution in [3.63, 3.8) is 0 Å². The van der Waals surface area contributed by atoms with Crippen molar-refractivity contribution in [1.82, 2.24) is 0 Å². The molecule has 0 aromatic heterocycles. The lowest BCUT2D eigenvalue weighted by molar-refractivity contribution is 0.609. The van der Waals surface area contributed by atoms with Crippen molar-refractivity contribution < 1.29 is 8.42 Å². The first-order valence-corrected chi connectivity index (χ1v) is 3.91. The number of rotatable bonds is 1. The monoisotopic (exact) mass is 160 g/mol. The Morgan fingerprint density at radius 2 is 2.00 bits per heavy atom. The number of hydrogen-bond donors (Lipinski definition) is 0. The lowest BCUT2D eigenvalue weighted by Crippen LogP contribution is -1.74. The summed E-state index contributed by atoms with van der Waals surface area (Å²) in [5.41, 5.74) is 0. The molecule has 1 unspecified atom stereocenters. The van der Waals surface area contributed by atoms with E-state index in [4.69, 9.17) is 0 Å². The van der Waals surface area contributed by atoms with E-state index in [1.807, 2.05) is 0 Å². The zero-order valence-corrected chi connectivity index (χ0v) is 5.80. The van der Waals surface area contributed by atoms with Crippen molar-refractivity contribution in [1.29, 1.82) is 0 Å². The summed E-state index contributed by atoms with van der Waals surface area (Å²) in [6, 6.07) is 0. The maximum absolute atomic E-state index is 9.72. The van der Waals surface area contributed by atoms with E-state index in [1.165, 1.54) is 0 Å². The molecule has 0 aliphatic heterocycles. The fraction of sp³-hybridized carbons (Fsp3) is 0. The molecule has 0 heterocycles. The average molecular weight is 161 g/mol. The second kappa shape index (κ2) is 2.55. The van der Waals surface area contributed by atoms with Crippen LogP contribution in [0.2, 0.25) is 0 Å². The fourth-order valence-corrected chi connectivity index (χ4v) is 0.827. The maximum Gasteiger partial charge on any atom is 0.357 e. The van der Waals surface area contributed by atoms with Gasteiger partial charge in [-0.05, 0) is 4.52 Å². The Balaban J connectivity index is 4.13. The van der Waals surface area contributed by atoms with Crippen LogP contribution in [0.4, 0.5) is 0 Å². The van der Waals surface area contributed by atoms with Gasteiger partial charge in [0.15, 0.2) is 0 Å². The molecule has 1 atom stereocenters. The molecule has 0 radical (unpaired) electrons. The number of halogens is 1. The Labute approximate surface area is 47.8 Å². The van der Waals surface area contributed by atoms with E-state index >= 15 is 0 Å². The molecule has 7 heteroatoms. The second-order valence-electron chi connectivity index (χ2n) is 0.609. The van der Waals surface area contributed by atoms with Gasteiger partial charge in [0.05, 0.1) is 0 Å². The van der Waals surface area contributed by atoms with Crippen LogP contribution in [0.25, 0.3) is 0 Å². The van der Waals surface area contributed by atoms with Gasteiger partial charge in [-0.3, -0.25) is 0 Å². The van der Waals surface area contributed by atoms with Gasteiger partial charge in [0.1, 0.15) is 0 Å². The third-order valence-corrected chi connectivity index (χ3v) is 0.902. The van der Waals surface area contributed by atoms with Gasteiger partial charge >= 0.3 is 9.24 Å². The lowest BCUT2D eigenvalue weighted by Gasteiger charge is -1.72. The van der Waals surface area contributed by atoms with Crippen LogP contribution >= 0.6 is 20.1 Å². The highest BCUT2D eigenvalue weighted by molar-refractivity contribution is 8.12. The van der Waals surface area contributed by atoms with Crippen LogP contribution in [-0.4, -0.2) is 8.42 Å². The van der Waals surface area contributed by atoms with E-state index in [2.05, 4.69) is 20.1 Å². The average Bonchev–Trinajstić information content (AvgIpc) is 1.30. The standard InChI is InChI=1S/ClH2N2O2PS/c1-7(4,5)3-2-6/h6H2. The van der Waals surface area contributed by atoms with Crippen molar-refractivity contribution in [2.75, 3.05) is 0 Å². The molecule has 0 fully saturated rings. The molecule has 0 aliphatic carbocycles. The highest BCUT2D eigenvalue weighted by Gasteiger charge is 1.95. The van der Waals surface area contributed by atoms with E-state index < -0.39 is 9.24 Å². The summed E-state index contributed by atoms with van der Waals surface area (Å²) in [6.45, 7) is 0. The van der Waals surface area contributed by atoms with Crippen LogP contribution in [0.1, 0.15) is 0 Å². The molecule has 0 amide bonds. The van der Waals surface area contributed by atoms with Crippen LogP contribution in [0.5, 0.6) is 0 Å². The van der Waals surface area contributed by atoms with Crippen LogP contribution in [0, 0.1) is 0 Å². The van der Waals surface area contributed by atoms with Crippen LogP contribution in [0.15, 0.2) is 9.40 Å². The maximum atomic E-state index is 9.72. The second-order valence-corrected chi connectivity index (χ2v) is 3.00. The van der Waals surface area contributed by atoms with Crippen molar-refractivity contribution in [3.05, 3.63) is 0 Å². The van der Waals surface area contributed by atoms with Gasteiger partial charge in [-0.25, -0.2) is 0 Å². The van der Waals surface area contributed by atoms with Crippen LogP contribution < -0.4 is 0 Å². The SMILES string of the molecule is O=S(=O)(Cl)N=NP. The molecule has 7 heavy (non-hydrogen) atoms. The minimum Gasteiger partial charge on any atom is -0.186 e. The molecule has 0 aliphatic rings. The molecular weight excluding hydrogens is 159 g/mol. The van der Waals surface area contributed by atoms with Crippen molar-refractivity contribution >= 4 is 29.3 Å². The quantitative estimate of drug-likeness (QED) is 0.322. The predicted molar refractivity (Wildman–Crippen MR) is 29.3 cm³/mol. The van der Waals surface area contributed by atoms with Gasteiger partial charge in [-0.2, -0.15) is 13.3 Å². The van der Waals surface area contributed by atoms with Gasteiger partial charge in [0.25, 0.3) is 0 Å². The normalized spacial score (nSPS) is 12.9. The zero-order chi connectivity index (χ0) is 5.91. The molecule has 0 N–H and O–H groups in total. The van der Waals surface area contributed by atoms with Gasteiger partial charge in [0, 0.05) is 20.1 Å². The largest absolute Gasteiger partial charge is 0.357 e. The molecule has 0 spiro atoms. The highest BCUT2D eigenvalue weighted by atomic mass is 35.7. The summed E-state index contributed by atoms with van der Waals surface area (Å²) < 4.78 is 22.0. The zero-order valence-electron chi connectivity index (χ0n) is 3.07. The third-order valence-electron chi connectivity index (χ3n) is 0.145. The van der Waals surface area contributed by atoms with E-state index in [-0.39, 0.29) is 0 Å². The first kappa shape index (κ1) is 7.27. The van der Waals surface area contributed by atoms with Crippen molar-refractivity contribution in [3.8, 4) is 0 Å². The topological polar surface area (TPSA) is 58.9 Å². The van der Waals surface area contributed by atoms with Gasteiger partial charge < -0.3 is 0 Å². The predicted octanol–water partition coefficient (Wildman–Crippen LogP) is 0.712. The minimum absolute atomic E-state index is 1.74. The highest BCUT2D eigenvalue weighted by Crippen LogP contribution is 1.99. The summed E-state index contributed by atoms with van der Waals surface area (Å²) in [5, 5.41) is 0. The summed E-state index contributed by atoms with van der Waals surface area (Å²) in [6.07, 6.45) is 0. The minimum atomic E-state index is -3.76. The molecule has 0 aromatic carbocycles. The Bertz CT molecular complexity index is 159. The smallest absolute Gasteiger partial charge is 0.186 e. The lowest BCUT2D eigenvalue weighted by atomic mass is 13.2. The van der Waals surface area contributed by atoms with Gasteiger partial charge in [-0.15, -0.1) is 0 Å². The summed E-state index contributed by atoms with van der Waals surface area (Å²) in [4.78, 5) is 2.83. The molecule has 0 aromatic rings. The summed E-state index contributed by atoms with van der Waals surface area (Å²) in [5.74, 6) is 0. The Kier molecular flexibility index (Phi) is 2.64. The fourth-order valence-electron chi connectivity index (χ4n) is 0.0563. The molecule has 0 saturated carbocycles. The summed E-state index contributed by atoms with van der Waals surface area (Å²) >= 11 is 0. The molecule has 42 valence electrons. The summed E-state index contributed by atoms with van der Waals surface area (Å²) in [7, 11) is 2.50. The van der Waals surface area contributed by atoms with Crippen molar-refractivity contribution in [2.24, 2.45) is 9.40 Å².